The van der Waals surface area contributed by atoms with Gasteiger partial charge < -0.3 is 20.7 Å². The van der Waals surface area contributed by atoms with E-state index >= 15 is 0 Å². The van der Waals surface area contributed by atoms with Gasteiger partial charge in [-0.2, -0.15) is 0 Å². The molecule has 2 rings (SSSR count). The van der Waals surface area contributed by atoms with Crippen molar-refractivity contribution < 1.29 is 23.5 Å². The van der Waals surface area contributed by atoms with Gasteiger partial charge in [-0.15, -0.1) is 0 Å². The van der Waals surface area contributed by atoms with Crippen LogP contribution in [-0.2, 0) is 20.7 Å². The first-order valence-electron chi connectivity index (χ1n) is 9.02. The van der Waals surface area contributed by atoms with Crippen LogP contribution in [0.15, 0.2) is 48.5 Å². The van der Waals surface area contributed by atoms with Gasteiger partial charge in [0.25, 0.3) is 0 Å². The zero-order valence-electron chi connectivity index (χ0n) is 16.5. The molecule has 0 radical (unpaired) electrons. The Kier molecular flexibility index (Phi) is 7.30. The number of carbonyl (C=O) groups is 3. The SMILES string of the molecule is CC(C)(C)OC(=O)NCC(=O)Nc1cccc(NC(=O)Cc2ccccc2F)c1. The number of hydrogen-bond donors (Lipinski definition) is 3. The number of rotatable bonds is 6. The Hall–Kier alpha value is -3.42. The van der Waals surface area contributed by atoms with Crippen LogP contribution in [0.4, 0.5) is 20.6 Å². The molecule has 0 aliphatic heterocycles. The number of carbonyl (C=O) groups excluding carboxylic acids is 3. The van der Waals surface area contributed by atoms with Crippen molar-refractivity contribution >= 4 is 29.3 Å². The van der Waals surface area contributed by atoms with Crippen molar-refractivity contribution in [2.24, 2.45) is 0 Å². The van der Waals surface area contributed by atoms with Crippen molar-refractivity contribution in [3.8, 4) is 0 Å². The summed E-state index contributed by atoms with van der Waals surface area (Å²) in [6.07, 6.45) is -0.801. The summed E-state index contributed by atoms with van der Waals surface area (Å²) in [6.45, 7) is 4.90. The van der Waals surface area contributed by atoms with Crippen LogP contribution >= 0.6 is 0 Å². The van der Waals surface area contributed by atoms with Crippen LogP contribution in [0.5, 0.6) is 0 Å². The van der Waals surface area contributed by atoms with Crippen molar-refractivity contribution in [3.05, 3.63) is 59.9 Å². The molecule has 8 heteroatoms. The van der Waals surface area contributed by atoms with E-state index in [1.54, 1.807) is 63.2 Å². The minimum atomic E-state index is -0.693. The average molecular weight is 401 g/mol. The van der Waals surface area contributed by atoms with Crippen LogP contribution in [0.3, 0.4) is 0 Å². The van der Waals surface area contributed by atoms with Gasteiger partial charge in [-0.05, 0) is 50.6 Å². The summed E-state index contributed by atoms with van der Waals surface area (Å²) in [5, 5.41) is 7.63. The van der Waals surface area contributed by atoms with E-state index in [0.29, 0.717) is 16.9 Å². The van der Waals surface area contributed by atoms with E-state index in [1.165, 1.54) is 6.07 Å². The molecule has 3 amide bonds. The largest absolute Gasteiger partial charge is 0.444 e. The number of nitrogens with one attached hydrogen (secondary N) is 3. The molecule has 0 saturated heterocycles. The highest BCUT2D eigenvalue weighted by atomic mass is 19.1. The minimum absolute atomic E-state index is 0.108. The predicted octanol–water partition coefficient (Wildman–Crippen LogP) is 3.47. The number of anilines is 2. The van der Waals surface area contributed by atoms with E-state index in [1.807, 2.05) is 0 Å². The molecule has 0 spiro atoms. The molecule has 154 valence electrons. The van der Waals surface area contributed by atoms with Gasteiger partial charge in [-0.1, -0.05) is 24.3 Å². The molecule has 0 aromatic heterocycles. The van der Waals surface area contributed by atoms with Gasteiger partial charge in [0.05, 0.1) is 6.42 Å². The van der Waals surface area contributed by atoms with Gasteiger partial charge in [0.2, 0.25) is 11.8 Å². The lowest BCUT2D eigenvalue weighted by molar-refractivity contribution is -0.116. The van der Waals surface area contributed by atoms with Crippen molar-refractivity contribution in [3.63, 3.8) is 0 Å². The van der Waals surface area contributed by atoms with Gasteiger partial charge in [-0.3, -0.25) is 9.59 Å². The number of ether oxygens (including phenoxy) is 1. The maximum absolute atomic E-state index is 13.7. The Labute approximate surface area is 168 Å². The van der Waals surface area contributed by atoms with E-state index in [0.717, 1.165) is 0 Å². The molecule has 0 unspecified atom stereocenters. The molecule has 7 nitrogen and oxygen atoms in total. The number of benzene rings is 2. The Bertz CT molecular complexity index is 893. The van der Waals surface area contributed by atoms with Crippen molar-refractivity contribution in [1.82, 2.24) is 5.32 Å². The van der Waals surface area contributed by atoms with E-state index in [9.17, 15) is 18.8 Å². The van der Waals surface area contributed by atoms with Crippen LogP contribution in [0.1, 0.15) is 26.3 Å². The summed E-state index contributed by atoms with van der Waals surface area (Å²) < 4.78 is 18.7. The molecule has 0 fully saturated rings. The van der Waals surface area contributed by atoms with Crippen LogP contribution in [0.2, 0.25) is 0 Å². The first kappa shape index (κ1) is 21.9. The maximum Gasteiger partial charge on any atom is 0.408 e. The topological polar surface area (TPSA) is 96.5 Å². The summed E-state index contributed by atoms with van der Waals surface area (Å²) in [7, 11) is 0. The van der Waals surface area contributed by atoms with Crippen molar-refractivity contribution in [1.29, 1.82) is 0 Å². The quantitative estimate of drug-likeness (QED) is 0.691. The third-order valence-electron chi connectivity index (χ3n) is 3.53. The summed E-state index contributed by atoms with van der Waals surface area (Å²) >= 11 is 0. The van der Waals surface area contributed by atoms with Crippen LogP contribution in [-0.4, -0.2) is 30.1 Å². The normalized spacial score (nSPS) is 10.8. The summed E-state index contributed by atoms with van der Waals surface area (Å²) in [6, 6.07) is 12.5. The second kappa shape index (κ2) is 9.68. The second-order valence-electron chi connectivity index (χ2n) is 7.30. The standard InChI is InChI=1S/C21H24FN3O4/c1-21(2,3)29-20(28)23-13-19(27)25-16-9-6-8-15(12-16)24-18(26)11-14-7-4-5-10-17(14)22/h4-10,12H,11,13H2,1-3H3,(H,23,28)(H,24,26)(H,25,27). The lowest BCUT2D eigenvalue weighted by atomic mass is 10.1. The number of halogens is 1. The molecule has 0 atom stereocenters. The fourth-order valence-electron chi connectivity index (χ4n) is 2.37. The average Bonchev–Trinajstić information content (AvgIpc) is 2.61. The zero-order chi connectivity index (χ0) is 21.4. The predicted molar refractivity (Wildman–Crippen MR) is 108 cm³/mol. The highest BCUT2D eigenvalue weighted by Gasteiger charge is 2.16. The summed E-state index contributed by atoms with van der Waals surface area (Å²) in [5.41, 5.74) is 0.520. The third-order valence-corrected chi connectivity index (χ3v) is 3.53. The lowest BCUT2D eigenvalue weighted by Gasteiger charge is -2.19. The summed E-state index contributed by atoms with van der Waals surface area (Å²) in [4.78, 5) is 35.7. The third kappa shape index (κ3) is 8.00. The number of alkyl carbamates (subject to hydrolysis) is 1. The Morgan fingerprint density at radius 1 is 0.931 bits per heavy atom. The monoisotopic (exact) mass is 401 g/mol. The second-order valence-corrected chi connectivity index (χ2v) is 7.30. The first-order valence-corrected chi connectivity index (χ1v) is 9.02. The Balaban J connectivity index is 1.87. The smallest absolute Gasteiger partial charge is 0.408 e. The molecule has 0 aliphatic carbocycles. The molecule has 2 aromatic rings. The molecule has 29 heavy (non-hydrogen) atoms. The molecule has 0 saturated carbocycles. The van der Waals surface area contributed by atoms with E-state index in [-0.39, 0.29) is 18.9 Å². The van der Waals surface area contributed by atoms with Gasteiger partial charge in [0.15, 0.2) is 0 Å². The fraction of sp³-hybridized carbons (Fsp3) is 0.286. The van der Waals surface area contributed by atoms with Gasteiger partial charge >= 0.3 is 6.09 Å². The molecule has 3 N–H and O–H groups in total. The number of hydrogen-bond acceptors (Lipinski definition) is 4. The molecular formula is C21H24FN3O4. The first-order chi connectivity index (χ1) is 13.6. The molecule has 0 bridgehead atoms. The van der Waals surface area contributed by atoms with Gasteiger partial charge in [0.1, 0.15) is 18.0 Å². The van der Waals surface area contributed by atoms with E-state index in [2.05, 4.69) is 16.0 Å². The van der Waals surface area contributed by atoms with Crippen LogP contribution < -0.4 is 16.0 Å². The molecule has 2 aromatic carbocycles. The van der Waals surface area contributed by atoms with Crippen LogP contribution in [0.25, 0.3) is 0 Å². The zero-order valence-corrected chi connectivity index (χ0v) is 16.5. The van der Waals surface area contributed by atoms with E-state index in [4.69, 9.17) is 4.74 Å². The van der Waals surface area contributed by atoms with Crippen LogP contribution in [0, 0.1) is 5.82 Å². The lowest BCUT2D eigenvalue weighted by Crippen LogP contribution is -2.37. The maximum atomic E-state index is 13.7. The van der Waals surface area contributed by atoms with E-state index < -0.39 is 23.4 Å². The highest BCUT2D eigenvalue weighted by molar-refractivity contribution is 5.96. The van der Waals surface area contributed by atoms with Crippen molar-refractivity contribution in [2.75, 3.05) is 17.2 Å². The number of amides is 3. The minimum Gasteiger partial charge on any atom is -0.444 e. The Morgan fingerprint density at radius 3 is 2.17 bits per heavy atom. The molecule has 0 aliphatic rings. The molecule has 0 heterocycles. The fourth-order valence-corrected chi connectivity index (χ4v) is 2.37. The Morgan fingerprint density at radius 2 is 1.55 bits per heavy atom. The summed E-state index contributed by atoms with van der Waals surface area (Å²) in [5.74, 6) is -1.28. The van der Waals surface area contributed by atoms with Crippen molar-refractivity contribution in [2.45, 2.75) is 32.8 Å². The molecular weight excluding hydrogens is 377 g/mol. The highest BCUT2D eigenvalue weighted by Crippen LogP contribution is 2.16. The van der Waals surface area contributed by atoms with Gasteiger partial charge in [0, 0.05) is 11.4 Å². The van der Waals surface area contributed by atoms with Gasteiger partial charge in [-0.25, -0.2) is 9.18 Å².